The zero-order chi connectivity index (χ0) is 25.3. The Morgan fingerprint density at radius 3 is 2.41 bits per heavy atom. The Bertz CT molecular complexity index is 984. The van der Waals surface area contributed by atoms with Crippen LogP contribution in [0.15, 0.2) is 22.8 Å². The van der Waals surface area contributed by atoms with Gasteiger partial charge < -0.3 is 5.11 Å². The van der Waals surface area contributed by atoms with Gasteiger partial charge in [0.25, 0.3) is 0 Å². The molecule has 4 rings (SSSR count). The molecule has 4 nitrogen and oxygen atoms in total. The summed E-state index contributed by atoms with van der Waals surface area (Å²) in [6.45, 7) is 15.3. The standard InChI is InChI=1S/C30H44O4/c1-18(9-8-10-19(2)26(33)34)20-11-16-30(7)25-21(12-15-29(20,30)6)28(5)14-13-24(32)27(3,4)23(28)17-22(25)31/h10,18,20,23H,8-9,11-17H2,1-7H3,(H,33,34)/b19-10+/t18-,20-,23+,28-,29-,30+/m1/s1. The number of carboxylic acid groups (broad SMARTS) is 1. The Balaban J connectivity index is 1.66. The third-order valence-electron chi connectivity index (χ3n) is 11.5. The molecule has 34 heavy (non-hydrogen) atoms. The molecule has 188 valence electrons. The van der Waals surface area contributed by atoms with Gasteiger partial charge in [-0.15, -0.1) is 0 Å². The number of carbonyl (C=O) groups excluding carboxylic acids is 2. The molecule has 0 radical (unpaired) electrons. The highest BCUT2D eigenvalue weighted by Crippen LogP contribution is 2.71. The van der Waals surface area contributed by atoms with E-state index >= 15 is 0 Å². The van der Waals surface area contributed by atoms with Gasteiger partial charge in [0.05, 0.1) is 0 Å². The van der Waals surface area contributed by atoms with Crippen molar-refractivity contribution >= 4 is 17.5 Å². The summed E-state index contributed by atoms with van der Waals surface area (Å²) in [6.07, 6.45) is 9.91. The van der Waals surface area contributed by atoms with Crippen LogP contribution in [0.4, 0.5) is 0 Å². The molecule has 4 aliphatic carbocycles. The molecule has 0 aromatic heterocycles. The molecule has 0 unspecified atom stereocenters. The van der Waals surface area contributed by atoms with Crippen LogP contribution in [0, 0.1) is 39.4 Å². The molecule has 0 bridgehead atoms. The summed E-state index contributed by atoms with van der Waals surface area (Å²) in [7, 11) is 0. The van der Waals surface area contributed by atoms with Crippen LogP contribution in [0.5, 0.6) is 0 Å². The maximum Gasteiger partial charge on any atom is 0.330 e. The second-order valence-electron chi connectivity index (χ2n) is 13.2. The molecular formula is C30H44O4. The number of rotatable bonds is 5. The summed E-state index contributed by atoms with van der Waals surface area (Å²) in [5.74, 6) is 0.923. The number of hydrogen-bond donors (Lipinski definition) is 1. The second kappa shape index (κ2) is 8.17. The van der Waals surface area contributed by atoms with Crippen LogP contribution in [0.25, 0.3) is 0 Å². The zero-order valence-electron chi connectivity index (χ0n) is 22.3. The third-order valence-corrected chi connectivity index (χ3v) is 11.5. The number of carboxylic acids is 1. The molecular weight excluding hydrogens is 424 g/mol. The average molecular weight is 469 g/mol. The number of hydrogen-bond acceptors (Lipinski definition) is 3. The lowest BCUT2D eigenvalue weighted by Gasteiger charge is -2.60. The summed E-state index contributed by atoms with van der Waals surface area (Å²) < 4.78 is 0. The van der Waals surface area contributed by atoms with Crippen molar-refractivity contribution in [1.29, 1.82) is 0 Å². The lowest BCUT2D eigenvalue weighted by molar-refractivity contribution is -0.142. The minimum Gasteiger partial charge on any atom is -0.478 e. The smallest absolute Gasteiger partial charge is 0.330 e. The summed E-state index contributed by atoms with van der Waals surface area (Å²) in [5.41, 5.74) is 2.44. The number of carbonyl (C=O) groups is 3. The van der Waals surface area contributed by atoms with E-state index in [-0.39, 0.29) is 22.2 Å². The van der Waals surface area contributed by atoms with Crippen molar-refractivity contribution in [1.82, 2.24) is 0 Å². The molecule has 0 aliphatic heterocycles. The minimum absolute atomic E-state index is 0.0478. The number of Topliss-reactive ketones (excluding diaryl/α,β-unsaturated/α-hetero) is 2. The maximum atomic E-state index is 13.9. The van der Waals surface area contributed by atoms with E-state index in [0.717, 1.165) is 50.5 Å². The first-order valence-corrected chi connectivity index (χ1v) is 13.4. The van der Waals surface area contributed by atoms with Crippen LogP contribution in [0.2, 0.25) is 0 Å². The Morgan fingerprint density at radius 2 is 1.76 bits per heavy atom. The van der Waals surface area contributed by atoms with Gasteiger partial charge in [0, 0.05) is 34.8 Å². The molecule has 2 fully saturated rings. The van der Waals surface area contributed by atoms with Crippen LogP contribution in [-0.4, -0.2) is 22.6 Å². The van der Waals surface area contributed by atoms with Gasteiger partial charge in [0.2, 0.25) is 0 Å². The SMILES string of the molecule is C/C(=C\CC[C@@H](C)[C@H]1CC[C@@]2(C)C3=C(CC[C@]12C)[C@@]1(C)CCC(=O)C(C)(C)[C@@H]1CC3=O)C(=O)O. The Hall–Kier alpha value is -1.71. The fourth-order valence-corrected chi connectivity index (χ4v) is 8.97. The lowest BCUT2D eigenvalue weighted by atomic mass is 9.43. The molecule has 4 aliphatic rings. The molecule has 6 atom stereocenters. The quantitative estimate of drug-likeness (QED) is 0.444. The topological polar surface area (TPSA) is 71.4 Å². The number of ketones is 2. The van der Waals surface area contributed by atoms with Crippen molar-refractivity contribution in [3.05, 3.63) is 22.8 Å². The Labute approximate surface area is 205 Å². The molecule has 0 amide bonds. The predicted octanol–water partition coefficient (Wildman–Crippen LogP) is 6.93. The highest BCUT2D eigenvalue weighted by atomic mass is 16.4. The predicted molar refractivity (Wildman–Crippen MR) is 134 cm³/mol. The normalized spacial score (nSPS) is 40.5. The van der Waals surface area contributed by atoms with Crippen LogP contribution < -0.4 is 0 Å². The molecule has 2 saturated carbocycles. The first-order chi connectivity index (χ1) is 15.7. The van der Waals surface area contributed by atoms with Crippen molar-refractivity contribution < 1.29 is 19.5 Å². The van der Waals surface area contributed by atoms with E-state index < -0.39 is 11.4 Å². The molecule has 0 heterocycles. The van der Waals surface area contributed by atoms with Gasteiger partial charge in [-0.3, -0.25) is 9.59 Å². The van der Waals surface area contributed by atoms with Crippen molar-refractivity contribution in [2.45, 2.75) is 106 Å². The first-order valence-electron chi connectivity index (χ1n) is 13.4. The fraction of sp³-hybridized carbons (Fsp3) is 0.767. The van der Waals surface area contributed by atoms with Gasteiger partial charge in [-0.1, -0.05) is 53.2 Å². The Kier molecular flexibility index (Phi) is 6.10. The Morgan fingerprint density at radius 1 is 1.09 bits per heavy atom. The van der Waals surface area contributed by atoms with E-state index in [9.17, 15) is 14.4 Å². The van der Waals surface area contributed by atoms with E-state index in [1.807, 2.05) is 6.08 Å². The van der Waals surface area contributed by atoms with Crippen molar-refractivity contribution in [3.8, 4) is 0 Å². The van der Waals surface area contributed by atoms with Crippen LogP contribution >= 0.6 is 0 Å². The van der Waals surface area contributed by atoms with Crippen molar-refractivity contribution in [3.63, 3.8) is 0 Å². The van der Waals surface area contributed by atoms with Gasteiger partial charge in [0.15, 0.2) is 5.78 Å². The summed E-state index contributed by atoms with van der Waals surface area (Å²) >= 11 is 0. The molecule has 4 heteroatoms. The molecule has 0 spiro atoms. The van der Waals surface area contributed by atoms with E-state index in [1.54, 1.807) is 6.92 Å². The number of aliphatic carboxylic acids is 1. The van der Waals surface area contributed by atoms with Gasteiger partial charge in [-0.25, -0.2) is 4.79 Å². The summed E-state index contributed by atoms with van der Waals surface area (Å²) in [5, 5.41) is 9.15. The monoisotopic (exact) mass is 468 g/mol. The second-order valence-corrected chi connectivity index (χ2v) is 13.2. The molecule has 1 N–H and O–H groups in total. The molecule has 0 aromatic carbocycles. The highest BCUT2D eigenvalue weighted by Gasteiger charge is 2.65. The van der Waals surface area contributed by atoms with Gasteiger partial charge in [-0.05, 0) is 80.5 Å². The first kappa shape index (κ1) is 25.4. The molecule has 0 aromatic rings. The number of allylic oxidation sites excluding steroid dienone is 3. The van der Waals surface area contributed by atoms with E-state index in [4.69, 9.17) is 5.11 Å². The van der Waals surface area contributed by atoms with Crippen LogP contribution in [-0.2, 0) is 14.4 Å². The van der Waals surface area contributed by atoms with Crippen LogP contribution in [0.3, 0.4) is 0 Å². The minimum atomic E-state index is -0.838. The lowest BCUT2D eigenvalue weighted by Crippen LogP contribution is -2.56. The fourth-order valence-electron chi connectivity index (χ4n) is 8.97. The maximum absolute atomic E-state index is 13.9. The van der Waals surface area contributed by atoms with Gasteiger partial charge in [0.1, 0.15) is 5.78 Å². The summed E-state index contributed by atoms with van der Waals surface area (Å²) in [6, 6.07) is 0. The van der Waals surface area contributed by atoms with Crippen LogP contribution in [0.1, 0.15) is 106 Å². The van der Waals surface area contributed by atoms with E-state index in [2.05, 4.69) is 41.5 Å². The largest absolute Gasteiger partial charge is 0.478 e. The molecule has 0 saturated heterocycles. The van der Waals surface area contributed by atoms with E-state index in [1.165, 1.54) is 5.57 Å². The van der Waals surface area contributed by atoms with Crippen molar-refractivity contribution in [2.24, 2.45) is 39.4 Å². The van der Waals surface area contributed by atoms with Crippen molar-refractivity contribution in [2.75, 3.05) is 0 Å². The van der Waals surface area contributed by atoms with Gasteiger partial charge >= 0.3 is 5.97 Å². The number of fused-ring (bicyclic) bond motifs is 4. The van der Waals surface area contributed by atoms with E-state index in [0.29, 0.717) is 41.8 Å². The van der Waals surface area contributed by atoms with Gasteiger partial charge in [-0.2, -0.15) is 0 Å². The highest BCUT2D eigenvalue weighted by molar-refractivity contribution is 6.00. The average Bonchev–Trinajstić information content (AvgIpc) is 3.04. The third kappa shape index (κ3) is 3.41. The summed E-state index contributed by atoms with van der Waals surface area (Å²) in [4.78, 5) is 37.8. The zero-order valence-corrected chi connectivity index (χ0v) is 22.3.